The van der Waals surface area contributed by atoms with Crippen LogP contribution in [0.4, 0.5) is 0 Å². The molecule has 6 rings (SSSR count). The third-order valence-electron chi connectivity index (χ3n) is 7.51. The Balaban J connectivity index is 1.37. The van der Waals surface area contributed by atoms with Crippen molar-refractivity contribution in [2.75, 3.05) is 0 Å². The number of hydrogen-bond donors (Lipinski definition) is 0. The van der Waals surface area contributed by atoms with E-state index in [2.05, 4.69) is 123 Å². The third kappa shape index (κ3) is 3.60. The van der Waals surface area contributed by atoms with Crippen molar-refractivity contribution >= 4 is 32.5 Å². The largest absolute Gasteiger partial charge is 0.400 e. The lowest BCUT2D eigenvalue weighted by Gasteiger charge is -2.21. The van der Waals surface area contributed by atoms with E-state index in [9.17, 15) is 0 Å². The first-order chi connectivity index (χ1) is 16.2. The van der Waals surface area contributed by atoms with Crippen LogP contribution in [0.1, 0.15) is 44.2 Å². The molecule has 0 aromatic heterocycles. The van der Waals surface area contributed by atoms with Crippen LogP contribution in [0.25, 0.3) is 34.4 Å². The van der Waals surface area contributed by atoms with Crippen molar-refractivity contribution in [1.29, 1.82) is 0 Å². The van der Waals surface area contributed by atoms with Gasteiger partial charge >= 0.3 is 20.4 Å². The van der Waals surface area contributed by atoms with Gasteiger partial charge in [0.25, 0.3) is 0 Å². The average Bonchev–Trinajstić information content (AvgIpc) is 3.36. The highest BCUT2D eigenvalue weighted by atomic mass is 24.5. The second-order valence-electron chi connectivity index (χ2n) is 9.47. The zero-order chi connectivity index (χ0) is 22.4. The minimum absolute atomic E-state index is 0.476. The van der Waals surface area contributed by atoms with Crippen LogP contribution in [0.3, 0.4) is 0 Å². The van der Waals surface area contributed by atoms with Gasteiger partial charge in [0.05, 0.1) is 0 Å². The Hall–Kier alpha value is -2.87. The molecular formula is C32H26Mg. The second-order valence-corrected chi connectivity index (χ2v) is 11.6. The van der Waals surface area contributed by atoms with Gasteiger partial charge in [0.15, 0.2) is 0 Å². The molecule has 2 aliphatic carbocycles. The molecule has 156 valence electrons. The first-order valence-electron chi connectivity index (χ1n) is 11.9. The number of benzene rings is 4. The summed E-state index contributed by atoms with van der Waals surface area (Å²) in [6.45, 7) is 4.70. The van der Waals surface area contributed by atoms with Crippen molar-refractivity contribution in [3.05, 3.63) is 130 Å². The van der Waals surface area contributed by atoms with E-state index >= 15 is 0 Å². The van der Waals surface area contributed by atoms with E-state index in [0.29, 0.717) is 8.09 Å². The van der Waals surface area contributed by atoms with E-state index in [1.807, 2.05) is 0 Å². The standard InChI is InChI=1S/2C16H13.Mg/c2*1-12-10-14-8-5-9-15(16(14)11-12)13-6-3-2-4-7-13;/h2*2-11H,1H3;. The van der Waals surface area contributed by atoms with Gasteiger partial charge < -0.3 is 0 Å². The summed E-state index contributed by atoms with van der Waals surface area (Å²) in [6, 6.07) is 35.5. The van der Waals surface area contributed by atoms with Crippen LogP contribution in [-0.2, 0) is 0 Å². The Morgan fingerprint density at radius 3 is 1.33 bits per heavy atom. The molecule has 1 heteroatoms. The predicted octanol–water partition coefficient (Wildman–Crippen LogP) is 8.34. The minimum Gasteiger partial charge on any atom is -0.0907 e. The smallest absolute Gasteiger partial charge is 0.0907 e. The van der Waals surface area contributed by atoms with Crippen LogP contribution in [0.5, 0.6) is 0 Å². The minimum atomic E-state index is -0.476. The van der Waals surface area contributed by atoms with Gasteiger partial charge in [0.2, 0.25) is 0 Å². The van der Waals surface area contributed by atoms with E-state index in [-0.39, 0.29) is 0 Å². The quantitative estimate of drug-likeness (QED) is 0.283. The van der Waals surface area contributed by atoms with E-state index in [1.54, 1.807) is 22.3 Å². The molecule has 0 bridgehead atoms. The Bertz CT molecular complexity index is 1280. The maximum atomic E-state index is 2.46. The predicted molar refractivity (Wildman–Crippen MR) is 142 cm³/mol. The normalized spacial score (nSPS) is 18.2. The van der Waals surface area contributed by atoms with E-state index in [1.165, 1.54) is 33.4 Å². The summed E-state index contributed by atoms with van der Waals surface area (Å²) in [5.41, 5.74) is 14.4. The van der Waals surface area contributed by atoms with Gasteiger partial charge in [-0.05, 0) is 47.2 Å². The van der Waals surface area contributed by atoms with E-state index in [0.717, 1.165) is 0 Å². The number of rotatable bonds is 4. The fourth-order valence-corrected chi connectivity index (χ4v) is 8.51. The van der Waals surface area contributed by atoms with Crippen molar-refractivity contribution in [2.24, 2.45) is 0 Å². The summed E-state index contributed by atoms with van der Waals surface area (Å²) in [6.07, 6.45) is 4.93. The summed E-state index contributed by atoms with van der Waals surface area (Å²) in [4.78, 5) is 0. The molecular weight excluding hydrogens is 409 g/mol. The van der Waals surface area contributed by atoms with E-state index in [4.69, 9.17) is 0 Å². The molecule has 0 saturated carbocycles. The molecule has 2 atom stereocenters. The maximum absolute atomic E-state index is 2.46. The average molecular weight is 435 g/mol. The molecule has 33 heavy (non-hydrogen) atoms. The van der Waals surface area contributed by atoms with Gasteiger partial charge in [0, 0.05) is 0 Å². The van der Waals surface area contributed by atoms with Crippen LogP contribution >= 0.6 is 0 Å². The summed E-state index contributed by atoms with van der Waals surface area (Å²) in [5, 5.41) is 0. The molecule has 4 aromatic carbocycles. The van der Waals surface area contributed by atoms with Crippen molar-refractivity contribution in [2.45, 2.75) is 21.9 Å². The molecule has 0 amide bonds. The van der Waals surface area contributed by atoms with Gasteiger partial charge in [-0.3, -0.25) is 0 Å². The van der Waals surface area contributed by atoms with Crippen molar-refractivity contribution < 1.29 is 0 Å². The summed E-state index contributed by atoms with van der Waals surface area (Å²) >= 11 is -0.476. The zero-order valence-electron chi connectivity index (χ0n) is 19.3. The summed E-state index contributed by atoms with van der Waals surface area (Å²) in [7, 11) is 0. The number of hydrogen-bond acceptors (Lipinski definition) is 0. The highest BCUT2D eigenvalue weighted by molar-refractivity contribution is 6.44. The monoisotopic (exact) mass is 434 g/mol. The van der Waals surface area contributed by atoms with Gasteiger partial charge in [0.1, 0.15) is 0 Å². The lowest BCUT2D eigenvalue weighted by Crippen LogP contribution is -2.16. The summed E-state index contributed by atoms with van der Waals surface area (Å²) < 4.78 is 1.20. The molecule has 0 nitrogen and oxygen atoms in total. The Kier molecular flexibility index (Phi) is 5.32. The number of fused-ring (bicyclic) bond motifs is 2. The maximum Gasteiger partial charge on any atom is 0.400 e. The SMILES string of the molecule is CC1=Cc2c(-c3ccccc3)cccc2[CH]1[Mg][CH]1C(C)=Cc2c(-c3ccccc3)cccc21. The van der Waals surface area contributed by atoms with Crippen molar-refractivity contribution in [3.63, 3.8) is 0 Å². The lowest BCUT2D eigenvalue weighted by atomic mass is 9.97. The summed E-state index contributed by atoms with van der Waals surface area (Å²) in [5.74, 6) is 0. The van der Waals surface area contributed by atoms with Crippen molar-refractivity contribution in [3.8, 4) is 22.3 Å². The van der Waals surface area contributed by atoms with E-state index < -0.39 is 20.4 Å². The van der Waals surface area contributed by atoms with Crippen LogP contribution in [0, 0.1) is 0 Å². The Morgan fingerprint density at radius 1 is 0.485 bits per heavy atom. The number of allylic oxidation sites excluding steroid dienone is 2. The molecule has 0 radical (unpaired) electrons. The molecule has 0 heterocycles. The highest BCUT2D eigenvalue weighted by Crippen LogP contribution is 2.46. The highest BCUT2D eigenvalue weighted by Gasteiger charge is 2.34. The van der Waals surface area contributed by atoms with Crippen LogP contribution in [0.15, 0.2) is 108 Å². The van der Waals surface area contributed by atoms with Crippen LogP contribution in [0.2, 0.25) is 0 Å². The zero-order valence-corrected chi connectivity index (χ0v) is 20.7. The molecule has 0 N–H and O–H groups in total. The molecule has 4 aromatic rings. The molecule has 2 aliphatic rings. The fourth-order valence-electron chi connectivity index (χ4n) is 5.84. The van der Waals surface area contributed by atoms with Crippen molar-refractivity contribution in [1.82, 2.24) is 0 Å². The molecule has 2 unspecified atom stereocenters. The Labute approximate surface area is 206 Å². The molecule has 0 saturated heterocycles. The van der Waals surface area contributed by atoms with Crippen LogP contribution in [-0.4, -0.2) is 20.4 Å². The lowest BCUT2D eigenvalue weighted by molar-refractivity contribution is 1.04. The van der Waals surface area contributed by atoms with Crippen LogP contribution < -0.4 is 0 Å². The topological polar surface area (TPSA) is 0 Å². The molecule has 0 spiro atoms. The van der Waals surface area contributed by atoms with Gasteiger partial charge in [-0.25, -0.2) is 0 Å². The van der Waals surface area contributed by atoms with Gasteiger partial charge in [-0.15, -0.1) is 0 Å². The second kappa shape index (κ2) is 8.48. The Morgan fingerprint density at radius 2 is 0.909 bits per heavy atom. The molecule has 0 fully saturated rings. The third-order valence-corrected chi connectivity index (χ3v) is 10.6. The molecule has 0 aliphatic heterocycles. The van der Waals surface area contributed by atoms with Gasteiger partial charge in [-0.2, -0.15) is 0 Å². The first-order valence-corrected chi connectivity index (χ1v) is 13.6. The first kappa shape index (κ1) is 20.7. The fraction of sp³-hybridized carbons (Fsp3) is 0.125. The van der Waals surface area contributed by atoms with Gasteiger partial charge in [-0.1, -0.05) is 140 Å².